The number of aromatic nitrogens is 2. The molecular formula is C13H21N3O2S. The average Bonchev–Trinajstić information content (AvgIpc) is 2.88. The molecule has 0 radical (unpaired) electrons. The van der Waals surface area contributed by atoms with E-state index in [2.05, 4.69) is 20.6 Å². The number of rotatable bonds is 6. The molecular weight excluding hydrogens is 262 g/mol. The molecule has 0 spiro atoms. The minimum absolute atomic E-state index is 0.264. The van der Waals surface area contributed by atoms with Crippen molar-refractivity contribution in [3.63, 3.8) is 0 Å². The van der Waals surface area contributed by atoms with Gasteiger partial charge in [-0.05, 0) is 38.3 Å². The van der Waals surface area contributed by atoms with Crippen LogP contribution in [-0.2, 0) is 0 Å². The number of piperidine rings is 3. The molecule has 2 bridgehead atoms. The zero-order chi connectivity index (χ0) is 13.1. The summed E-state index contributed by atoms with van der Waals surface area (Å²) in [6.45, 7) is 6.31. The van der Waals surface area contributed by atoms with Crippen molar-refractivity contribution in [1.82, 2.24) is 13.6 Å². The Hall–Kier alpha value is -0.880. The lowest BCUT2D eigenvalue weighted by Gasteiger charge is -2.43. The molecule has 0 saturated carbocycles. The zero-order valence-electron chi connectivity index (χ0n) is 11.4. The van der Waals surface area contributed by atoms with Crippen LogP contribution in [0.25, 0.3) is 0 Å². The zero-order valence-corrected chi connectivity index (χ0v) is 12.2. The van der Waals surface area contributed by atoms with Crippen LogP contribution in [0.1, 0.15) is 32.6 Å². The van der Waals surface area contributed by atoms with Crippen molar-refractivity contribution >= 4 is 11.7 Å². The van der Waals surface area contributed by atoms with Crippen molar-refractivity contribution in [2.75, 3.05) is 26.2 Å². The van der Waals surface area contributed by atoms with Gasteiger partial charge < -0.3 is 9.47 Å². The van der Waals surface area contributed by atoms with Gasteiger partial charge in [-0.1, -0.05) is 13.3 Å². The summed E-state index contributed by atoms with van der Waals surface area (Å²) in [4.78, 5) is 2.47. The van der Waals surface area contributed by atoms with Crippen molar-refractivity contribution in [3.8, 4) is 11.8 Å². The summed E-state index contributed by atoms with van der Waals surface area (Å²) in [5, 5.41) is 0. The maximum atomic E-state index is 6.06. The predicted molar refractivity (Wildman–Crippen MR) is 73.9 cm³/mol. The summed E-state index contributed by atoms with van der Waals surface area (Å²) in [5.41, 5.74) is 0. The van der Waals surface area contributed by atoms with Crippen LogP contribution in [0.15, 0.2) is 0 Å². The van der Waals surface area contributed by atoms with Gasteiger partial charge >= 0.3 is 0 Å². The van der Waals surface area contributed by atoms with Gasteiger partial charge in [0.15, 0.2) is 0 Å². The summed E-state index contributed by atoms with van der Waals surface area (Å²) < 4.78 is 20.1. The van der Waals surface area contributed by atoms with Crippen LogP contribution in [0, 0.1) is 5.92 Å². The van der Waals surface area contributed by atoms with Gasteiger partial charge in [0.05, 0.1) is 18.3 Å². The molecule has 1 aromatic heterocycles. The van der Waals surface area contributed by atoms with E-state index in [0.717, 1.165) is 19.4 Å². The Kier molecular flexibility index (Phi) is 4.18. The summed E-state index contributed by atoms with van der Waals surface area (Å²) >= 11 is 1.17. The molecule has 3 fully saturated rings. The highest BCUT2D eigenvalue weighted by Gasteiger charge is 2.36. The molecule has 0 aromatic carbocycles. The van der Waals surface area contributed by atoms with Gasteiger partial charge in [-0.25, -0.2) is 0 Å². The fourth-order valence-corrected chi connectivity index (χ4v) is 3.27. The van der Waals surface area contributed by atoms with Crippen molar-refractivity contribution in [2.24, 2.45) is 5.92 Å². The molecule has 5 nitrogen and oxygen atoms in total. The number of hydrogen-bond donors (Lipinski definition) is 0. The van der Waals surface area contributed by atoms with E-state index in [1.165, 1.54) is 37.7 Å². The van der Waals surface area contributed by atoms with Gasteiger partial charge in [-0.3, -0.25) is 4.90 Å². The first-order valence-electron chi connectivity index (χ1n) is 7.21. The van der Waals surface area contributed by atoms with E-state index in [-0.39, 0.29) is 6.10 Å². The Morgan fingerprint density at radius 1 is 1.26 bits per heavy atom. The van der Waals surface area contributed by atoms with Gasteiger partial charge in [0.1, 0.15) is 6.10 Å². The van der Waals surface area contributed by atoms with Crippen LogP contribution < -0.4 is 9.47 Å². The second kappa shape index (κ2) is 6.05. The molecule has 3 aliphatic heterocycles. The molecule has 3 saturated heterocycles. The second-order valence-electron chi connectivity index (χ2n) is 5.37. The molecule has 4 rings (SSSR count). The van der Waals surface area contributed by atoms with Crippen molar-refractivity contribution in [1.29, 1.82) is 0 Å². The number of nitrogens with zero attached hydrogens (tertiary/aromatic N) is 3. The Morgan fingerprint density at radius 3 is 2.74 bits per heavy atom. The minimum atomic E-state index is 0.264. The molecule has 1 aromatic rings. The first-order valence-corrected chi connectivity index (χ1v) is 7.94. The molecule has 0 N–H and O–H groups in total. The van der Waals surface area contributed by atoms with E-state index in [9.17, 15) is 0 Å². The van der Waals surface area contributed by atoms with Gasteiger partial charge in [0, 0.05) is 6.54 Å². The largest absolute Gasteiger partial charge is 0.473 e. The van der Waals surface area contributed by atoms with Gasteiger partial charge in [-0.2, -0.15) is 0 Å². The monoisotopic (exact) mass is 283 g/mol. The molecule has 4 heterocycles. The van der Waals surface area contributed by atoms with Gasteiger partial charge in [-0.15, -0.1) is 8.75 Å². The van der Waals surface area contributed by atoms with Crippen LogP contribution >= 0.6 is 11.7 Å². The minimum Gasteiger partial charge on any atom is -0.473 e. The van der Waals surface area contributed by atoms with Crippen molar-refractivity contribution in [3.05, 3.63) is 0 Å². The third-order valence-corrected chi connectivity index (χ3v) is 4.52. The molecule has 0 amide bonds. The molecule has 0 aliphatic carbocycles. The lowest BCUT2D eigenvalue weighted by molar-refractivity contribution is -0.0110. The van der Waals surface area contributed by atoms with Gasteiger partial charge in [0.2, 0.25) is 0 Å². The highest BCUT2D eigenvalue weighted by molar-refractivity contribution is 6.99. The molecule has 19 heavy (non-hydrogen) atoms. The fourth-order valence-electron chi connectivity index (χ4n) is 2.83. The Balaban J connectivity index is 1.59. The lowest BCUT2D eigenvalue weighted by Crippen LogP contribution is -2.52. The number of ether oxygens (including phenoxy) is 2. The average molecular weight is 283 g/mol. The summed E-state index contributed by atoms with van der Waals surface area (Å²) in [6, 6.07) is 0. The highest BCUT2D eigenvalue weighted by Crippen LogP contribution is 2.33. The second-order valence-corrected chi connectivity index (χ2v) is 5.90. The summed E-state index contributed by atoms with van der Waals surface area (Å²) in [6.07, 6.45) is 4.91. The number of unbranched alkanes of at least 4 members (excludes halogenated alkanes) is 1. The third-order valence-electron chi connectivity index (χ3n) is 4.03. The highest BCUT2D eigenvalue weighted by atomic mass is 32.1. The van der Waals surface area contributed by atoms with E-state index in [1.54, 1.807) is 0 Å². The van der Waals surface area contributed by atoms with E-state index >= 15 is 0 Å². The Morgan fingerprint density at radius 2 is 2.05 bits per heavy atom. The lowest BCUT2D eigenvalue weighted by atomic mass is 9.86. The maximum Gasteiger partial charge on any atom is 0.291 e. The molecule has 0 unspecified atom stereocenters. The van der Waals surface area contributed by atoms with Crippen LogP contribution in [0.2, 0.25) is 0 Å². The number of fused-ring (bicyclic) bond motifs is 3. The van der Waals surface area contributed by atoms with Crippen LogP contribution in [0.5, 0.6) is 11.8 Å². The Bertz CT molecular complexity index is 404. The SMILES string of the molecule is CCCCOc1nsnc1O[C@@H]1CN2CCC1CC2. The maximum absolute atomic E-state index is 6.06. The fraction of sp³-hybridized carbons (Fsp3) is 0.846. The smallest absolute Gasteiger partial charge is 0.291 e. The van der Waals surface area contributed by atoms with Crippen molar-refractivity contribution in [2.45, 2.75) is 38.7 Å². The molecule has 6 heteroatoms. The standard InChI is InChI=1S/C13H21N3O2S/c1-2-3-8-17-12-13(15-19-14-12)18-11-9-16-6-4-10(11)5-7-16/h10-11H,2-9H2,1H3/t11-/m1/s1. The van der Waals surface area contributed by atoms with Crippen LogP contribution in [0.3, 0.4) is 0 Å². The van der Waals surface area contributed by atoms with Gasteiger partial charge in [0.25, 0.3) is 11.8 Å². The molecule has 1 atom stereocenters. The van der Waals surface area contributed by atoms with E-state index in [0.29, 0.717) is 24.3 Å². The van der Waals surface area contributed by atoms with E-state index in [4.69, 9.17) is 9.47 Å². The van der Waals surface area contributed by atoms with Crippen LogP contribution in [-0.4, -0.2) is 46.0 Å². The van der Waals surface area contributed by atoms with E-state index in [1.807, 2.05) is 0 Å². The first-order chi connectivity index (χ1) is 9.36. The molecule has 106 valence electrons. The predicted octanol–water partition coefficient (Wildman–Crippen LogP) is 2.19. The topological polar surface area (TPSA) is 47.5 Å². The molecule has 3 aliphatic rings. The summed E-state index contributed by atoms with van der Waals surface area (Å²) in [5.74, 6) is 1.85. The van der Waals surface area contributed by atoms with Crippen molar-refractivity contribution < 1.29 is 9.47 Å². The van der Waals surface area contributed by atoms with Crippen LogP contribution in [0.4, 0.5) is 0 Å². The summed E-state index contributed by atoms with van der Waals surface area (Å²) in [7, 11) is 0. The number of hydrogen-bond acceptors (Lipinski definition) is 6. The third kappa shape index (κ3) is 3.00. The normalized spacial score (nSPS) is 29.4. The van der Waals surface area contributed by atoms with E-state index < -0.39 is 0 Å². The quantitative estimate of drug-likeness (QED) is 0.749. The first kappa shape index (κ1) is 13.1. The Labute approximate surface area is 118 Å².